The minimum absolute atomic E-state index is 0.264. The van der Waals surface area contributed by atoms with Gasteiger partial charge in [-0.2, -0.15) is 5.10 Å². The maximum absolute atomic E-state index is 5.83. The molecule has 0 atom stereocenters. The molecule has 2 N–H and O–H groups in total. The maximum Gasteiger partial charge on any atom is 0.249 e. The largest absolute Gasteiger partial charge is 0.437 e. The first-order chi connectivity index (χ1) is 9.38. The van der Waals surface area contributed by atoms with E-state index in [-0.39, 0.29) is 4.99 Å². The zero-order valence-electron chi connectivity index (χ0n) is 12.0. The average molecular weight is 287 g/mol. The summed E-state index contributed by atoms with van der Waals surface area (Å²) in [6.07, 6.45) is 0. The molecule has 0 spiro atoms. The molecule has 0 aliphatic rings. The van der Waals surface area contributed by atoms with E-state index in [4.69, 9.17) is 22.7 Å². The van der Waals surface area contributed by atoms with Gasteiger partial charge < -0.3 is 10.5 Å². The van der Waals surface area contributed by atoms with Crippen LogP contribution in [0.2, 0.25) is 0 Å². The van der Waals surface area contributed by atoms with Crippen LogP contribution in [0.15, 0.2) is 18.2 Å². The molecule has 5 heteroatoms. The molecule has 0 fully saturated rings. The number of aromatic nitrogens is 2. The van der Waals surface area contributed by atoms with Crippen molar-refractivity contribution in [2.24, 2.45) is 5.73 Å². The number of hydrogen-bond acceptors (Lipinski definition) is 4. The van der Waals surface area contributed by atoms with E-state index in [1.54, 1.807) is 0 Å². The van der Waals surface area contributed by atoms with Crippen molar-refractivity contribution in [3.05, 3.63) is 46.1 Å². The lowest BCUT2D eigenvalue weighted by Gasteiger charge is -2.13. The molecule has 104 valence electrons. The molecule has 0 saturated heterocycles. The standard InChI is InChI=1S/C15H17N3OS/c1-8-5-9(2)7-12(6-8)19-15-13(14(16)20)10(3)11(4)17-18-15/h5-7H,1-4H3,(H2,16,20). The molecular formula is C15H17N3OS. The molecule has 0 saturated carbocycles. The number of rotatable bonds is 3. The summed E-state index contributed by atoms with van der Waals surface area (Å²) < 4.78 is 5.83. The van der Waals surface area contributed by atoms with Crippen LogP contribution < -0.4 is 10.5 Å². The topological polar surface area (TPSA) is 61.0 Å². The minimum atomic E-state index is 0.264. The summed E-state index contributed by atoms with van der Waals surface area (Å²) in [5, 5.41) is 8.15. The van der Waals surface area contributed by atoms with Crippen LogP contribution in [0.5, 0.6) is 11.6 Å². The van der Waals surface area contributed by atoms with Gasteiger partial charge in [0.25, 0.3) is 0 Å². The van der Waals surface area contributed by atoms with E-state index in [0.29, 0.717) is 17.2 Å². The number of thiocarbonyl (C=S) groups is 1. The molecule has 2 aromatic rings. The van der Waals surface area contributed by atoms with Crippen molar-refractivity contribution in [1.29, 1.82) is 0 Å². The number of benzene rings is 1. The van der Waals surface area contributed by atoms with Crippen molar-refractivity contribution in [3.8, 4) is 11.6 Å². The van der Waals surface area contributed by atoms with Gasteiger partial charge in [-0.25, -0.2) is 0 Å². The Morgan fingerprint density at radius 3 is 2.20 bits per heavy atom. The summed E-state index contributed by atoms with van der Waals surface area (Å²) in [7, 11) is 0. The van der Waals surface area contributed by atoms with Crippen molar-refractivity contribution < 1.29 is 4.74 Å². The van der Waals surface area contributed by atoms with Gasteiger partial charge in [0.1, 0.15) is 10.7 Å². The smallest absolute Gasteiger partial charge is 0.249 e. The highest BCUT2D eigenvalue weighted by atomic mass is 32.1. The van der Waals surface area contributed by atoms with Crippen LogP contribution in [-0.4, -0.2) is 15.2 Å². The zero-order valence-corrected chi connectivity index (χ0v) is 12.8. The van der Waals surface area contributed by atoms with Gasteiger partial charge >= 0.3 is 0 Å². The van der Waals surface area contributed by atoms with E-state index < -0.39 is 0 Å². The quantitative estimate of drug-likeness (QED) is 0.879. The van der Waals surface area contributed by atoms with Gasteiger partial charge in [-0.15, -0.1) is 5.10 Å². The first-order valence-electron chi connectivity index (χ1n) is 6.28. The Balaban J connectivity index is 2.48. The summed E-state index contributed by atoms with van der Waals surface area (Å²) in [5.74, 6) is 1.06. The van der Waals surface area contributed by atoms with Gasteiger partial charge in [0.15, 0.2) is 0 Å². The Kier molecular flexibility index (Phi) is 3.99. The normalized spacial score (nSPS) is 10.4. The fourth-order valence-corrected chi connectivity index (χ4v) is 2.29. The third kappa shape index (κ3) is 2.93. The number of ether oxygens (including phenoxy) is 1. The van der Waals surface area contributed by atoms with E-state index in [9.17, 15) is 0 Å². The second-order valence-electron chi connectivity index (χ2n) is 4.88. The molecule has 0 unspecified atom stereocenters. The molecule has 0 amide bonds. The van der Waals surface area contributed by atoms with E-state index in [0.717, 1.165) is 22.4 Å². The molecular weight excluding hydrogens is 270 g/mol. The molecule has 0 bridgehead atoms. The van der Waals surface area contributed by atoms with Gasteiger partial charge in [-0.05, 0) is 56.5 Å². The first kappa shape index (κ1) is 14.4. The highest BCUT2D eigenvalue weighted by Gasteiger charge is 2.15. The van der Waals surface area contributed by atoms with Crippen LogP contribution in [0.1, 0.15) is 27.9 Å². The molecule has 0 radical (unpaired) electrons. The molecule has 1 aromatic carbocycles. The fraction of sp³-hybridized carbons (Fsp3) is 0.267. The molecule has 0 aliphatic heterocycles. The number of nitrogens with zero attached hydrogens (tertiary/aromatic N) is 2. The molecule has 4 nitrogen and oxygen atoms in total. The molecule has 0 aliphatic carbocycles. The fourth-order valence-electron chi connectivity index (χ4n) is 2.05. The van der Waals surface area contributed by atoms with Crippen LogP contribution >= 0.6 is 12.2 Å². The molecule has 20 heavy (non-hydrogen) atoms. The third-order valence-corrected chi connectivity index (χ3v) is 3.28. The first-order valence-corrected chi connectivity index (χ1v) is 6.69. The van der Waals surface area contributed by atoms with Crippen LogP contribution in [0.3, 0.4) is 0 Å². The summed E-state index contributed by atoms with van der Waals surface area (Å²) in [6.45, 7) is 7.80. The Hall–Kier alpha value is -2.01. The molecule has 1 heterocycles. The lowest BCUT2D eigenvalue weighted by atomic mass is 10.1. The van der Waals surface area contributed by atoms with Gasteiger partial charge in [0.05, 0.1) is 11.3 Å². The van der Waals surface area contributed by atoms with Crippen molar-refractivity contribution in [1.82, 2.24) is 10.2 Å². The lowest BCUT2D eigenvalue weighted by molar-refractivity contribution is 0.452. The Morgan fingerprint density at radius 1 is 1.05 bits per heavy atom. The highest BCUT2D eigenvalue weighted by molar-refractivity contribution is 7.80. The van der Waals surface area contributed by atoms with Crippen LogP contribution in [0.4, 0.5) is 0 Å². The van der Waals surface area contributed by atoms with Gasteiger partial charge in [0, 0.05) is 0 Å². The van der Waals surface area contributed by atoms with Crippen molar-refractivity contribution in [3.63, 3.8) is 0 Å². The molecule has 2 rings (SSSR count). The number of nitrogens with two attached hydrogens (primary N) is 1. The predicted molar refractivity (Wildman–Crippen MR) is 83.4 cm³/mol. The highest BCUT2D eigenvalue weighted by Crippen LogP contribution is 2.27. The summed E-state index contributed by atoms with van der Waals surface area (Å²) in [6, 6.07) is 5.95. The van der Waals surface area contributed by atoms with Crippen LogP contribution in [0, 0.1) is 27.7 Å². The van der Waals surface area contributed by atoms with E-state index >= 15 is 0 Å². The Morgan fingerprint density at radius 2 is 1.65 bits per heavy atom. The third-order valence-electron chi connectivity index (χ3n) is 3.08. The van der Waals surface area contributed by atoms with E-state index in [1.165, 1.54) is 0 Å². The molecule has 1 aromatic heterocycles. The predicted octanol–water partition coefficient (Wildman–Crippen LogP) is 3.14. The van der Waals surface area contributed by atoms with Gasteiger partial charge in [-0.3, -0.25) is 0 Å². The van der Waals surface area contributed by atoms with E-state index in [1.807, 2.05) is 39.8 Å². The zero-order chi connectivity index (χ0) is 14.9. The number of aryl methyl sites for hydroxylation is 3. The van der Waals surface area contributed by atoms with Crippen molar-refractivity contribution in [2.75, 3.05) is 0 Å². The monoisotopic (exact) mass is 287 g/mol. The van der Waals surface area contributed by atoms with Crippen LogP contribution in [0.25, 0.3) is 0 Å². The van der Waals surface area contributed by atoms with Gasteiger partial charge in [0.2, 0.25) is 5.88 Å². The van der Waals surface area contributed by atoms with Crippen molar-refractivity contribution in [2.45, 2.75) is 27.7 Å². The van der Waals surface area contributed by atoms with Crippen LogP contribution in [-0.2, 0) is 0 Å². The summed E-state index contributed by atoms with van der Waals surface area (Å²) in [4.78, 5) is 0.264. The minimum Gasteiger partial charge on any atom is -0.437 e. The second-order valence-corrected chi connectivity index (χ2v) is 5.32. The van der Waals surface area contributed by atoms with E-state index in [2.05, 4.69) is 16.3 Å². The van der Waals surface area contributed by atoms with Crippen molar-refractivity contribution >= 4 is 17.2 Å². The Bertz CT molecular complexity index is 663. The average Bonchev–Trinajstić information content (AvgIpc) is 2.32. The SMILES string of the molecule is Cc1cc(C)cc(Oc2nnc(C)c(C)c2C(N)=S)c1. The summed E-state index contributed by atoms with van der Waals surface area (Å²) in [5.41, 5.74) is 10.4. The maximum atomic E-state index is 5.83. The summed E-state index contributed by atoms with van der Waals surface area (Å²) >= 11 is 5.09. The Labute approximate surface area is 124 Å². The second kappa shape index (κ2) is 5.54. The number of hydrogen-bond donors (Lipinski definition) is 1. The van der Waals surface area contributed by atoms with Gasteiger partial charge in [-0.1, -0.05) is 18.3 Å². The lowest BCUT2D eigenvalue weighted by Crippen LogP contribution is -2.15.